The molecule has 0 aliphatic carbocycles. The zero-order chi connectivity index (χ0) is 17.6. The van der Waals surface area contributed by atoms with Gasteiger partial charge >= 0.3 is 0 Å². The van der Waals surface area contributed by atoms with Crippen LogP contribution in [-0.4, -0.2) is 47.8 Å². The topological polar surface area (TPSA) is 66.6 Å². The quantitative estimate of drug-likeness (QED) is 0.817. The fourth-order valence-electron chi connectivity index (χ4n) is 2.55. The fourth-order valence-corrected chi connectivity index (χ4v) is 2.55. The maximum atomic E-state index is 12.6. The molecular formula is C18H30ClN3O2. The monoisotopic (exact) mass is 355 g/mol. The minimum Gasteiger partial charge on any atom is -0.345 e. The van der Waals surface area contributed by atoms with Crippen LogP contribution in [-0.2, 0) is 11.3 Å². The predicted molar refractivity (Wildman–Crippen MR) is 100 cm³/mol. The van der Waals surface area contributed by atoms with Gasteiger partial charge in [-0.25, -0.2) is 0 Å². The maximum absolute atomic E-state index is 12.6. The van der Waals surface area contributed by atoms with Crippen molar-refractivity contribution >= 4 is 24.2 Å². The molecule has 1 unspecified atom stereocenters. The molecular weight excluding hydrogens is 326 g/mol. The first-order chi connectivity index (χ1) is 10.7. The van der Waals surface area contributed by atoms with Gasteiger partial charge in [-0.15, -0.1) is 12.4 Å². The molecule has 24 heavy (non-hydrogen) atoms. The first kappa shape index (κ1) is 22.4. The Morgan fingerprint density at radius 1 is 1.12 bits per heavy atom. The molecule has 2 N–H and O–H groups in total. The lowest BCUT2D eigenvalue weighted by Crippen LogP contribution is -2.52. The Kier molecular flexibility index (Phi) is 9.01. The predicted octanol–water partition coefficient (Wildman–Crippen LogP) is 2.68. The molecule has 0 aliphatic rings. The number of likely N-dealkylation sites (N-methyl/N-ethyl adjacent to an activating group) is 1. The van der Waals surface area contributed by atoms with Crippen LogP contribution in [0, 0.1) is 0 Å². The standard InChI is InChI=1S/C18H29N3O2.ClH/c1-6-12-18(3,19)17(23)21(7-2)13-14-8-10-15(11-9-14)16(22)20(4)5;/h8-11H,6-7,12-13,19H2,1-5H3;1H. The summed E-state index contributed by atoms with van der Waals surface area (Å²) in [5, 5.41) is 0. The van der Waals surface area contributed by atoms with Gasteiger partial charge in [-0.3, -0.25) is 9.59 Å². The average molecular weight is 356 g/mol. The van der Waals surface area contributed by atoms with Crippen molar-refractivity contribution in [1.82, 2.24) is 9.80 Å². The van der Waals surface area contributed by atoms with Crippen LogP contribution < -0.4 is 5.73 Å². The van der Waals surface area contributed by atoms with E-state index in [1.54, 1.807) is 43.0 Å². The second-order valence-corrected chi connectivity index (χ2v) is 6.38. The van der Waals surface area contributed by atoms with E-state index in [4.69, 9.17) is 5.73 Å². The molecule has 0 aliphatic heterocycles. The third-order valence-electron chi connectivity index (χ3n) is 3.91. The fraction of sp³-hybridized carbons (Fsp3) is 0.556. The molecule has 0 bridgehead atoms. The van der Waals surface area contributed by atoms with Gasteiger partial charge in [0, 0.05) is 32.7 Å². The van der Waals surface area contributed by atoms with Crippen LogP contribution in [0.25, 0.3) is 0 Å². The number of rotatable bonds is 7. The van der Waals surface area contributed by atoms with E-state index in [-0.39, 0.29) is 24.2 Å². The molecule has 0 heterocycles. The second kappa shape index (κ2) is 9.64. The maximum Gasteiger partial charge on any atom is 0.253 e. The molecule has 0 saturated heterocycles. The van der Waals surface area contributed by atoms with E-state index >= 15 is 0 Å². The van der Waals surface area contributed by atoms with Crippen LogP contribution in [0.15, 0.2) is 24.3 Å². The van der Waals surface area contributed by atoms with Gasteiger partial charge < -0.3 is 15.5 Å². The minimum absolute atomic E-state index is 0. The molecule has 0 radical (unpaired) electrons. The number of nitrogens with zero attached hydrogens (tertiary/aromatic N) is 2. The molecule has 0 spiro atoms. The van der Waals surface area contributed by atoms with E-state index < -0.39 is 5.54 Å². The van der Waals surface area contributed by atoms with Crippen molar-refractivity contribution in [3.63, 3.8) is 0 Å². The van der Waals surface area contributed by atoms with E-state index in [9.17, 15) is 9.59 Å². The second-order valence-electron chi connectivity index (χ2n) is 6.38. The van der Waals surface area contributed by atoms with Crippen LogP contribution >= 0.6 is 12.4 Å². The van der Waals surface area contributed by atoms with Gasteiger partial charge in [-0.05, 0) is 38.0 Å². The Morgan fingerprint density at radius 3 is 2.08 bits per heavy atom. The highest BCUT2D eigenvalue weighted by Crippen LogP contribution is 2.16. The van der Waals surface area contributed by atoms with Crippen LogP contribution in [0.3, 0.4) is 0 Å². The Bertz CT molecular complexity index is 542. The van der Waals surface area contributed by atoms with Gasteiger partial charge in [-0.1, -0.05) is 25.5 Å². The highest BCUT2D eigenvalue weighted by Gasteiger charge is 2.31. The highest BCUT2D eigenvalue weighted by atomic mass is 35.5. The zero-order valence-electron chi connectivity index (χ0n) is 15.3. The van der Waals surface area contributed by atoms with Crippen molar-refractivity contribution in [2.75, 3.05) is 20.6 Å². The van der Waals surface area contributed by atoms with E-state index in [1.165, 1.54) is 0 Å². The molecule has 1 rings (SSSR count). The summed E-state index contributed by atoms with van der Waals surface area (Å²) in [5.74, 6) is -0.0623. The summed E-state index contributed by atoms with van der Waals surface area (Å²) >= 11 is 0. The summed E-state index contributed by atoms with van der Waals surface area (Å²) in [4.78, 5) is 27.8. The smallest absolute Gasteiger partial charge is 0.253 e. The summed E-state index contributed by atoms with van der Waals surface area (Å²) in [7, 11) is 3.45. The van der Waals surface area contributed by atoms with Gasteiger partial charge in [0.1, 0.15) is 0 Å². The van der Waals surface area contributed by atoms with E-state index in [0.29, 0.717) is 25.1 Å². The number of hydrogen-bond donors (Lipinski definition) is 1. The molecule has 136 valence electrons. The summed E-state index contributed by atoms with van der Waals surface area (Å²) in [5.41, 5.74) is 6.96. The number of halogens is 1. The molecule has 1 atom stereocenters. The van der Waals surface area contributed by atoms with Crippen LogP contribution in [0.4, 0.5) is 0 Å². The lowest BCUT2D eigenvalue weighted by molar-refractivity contribution is -0.137. The summed E-state index contributed by atoms with van der Waals surface area (Å²) < 4.78 is 0. The molecule has 0 fully saturated rings. The first-order valence-corrected chi connectivity index (χ1v) is 8.11. The third kappa shape index (κ3) is 5.80. The molecule has 6 heteroatoms. The number of benzene rings is 1. The van der Waals surface area contributed by atoms with Gasteiger partial charge in [0.15, 0.2) is 0 Å². The van der Waals surface area contributed by atoms with Crippen molar-refractivity contribution in [2.45, 2.75) is 45.7 Å². The van der Waals surface area contributed by atoms with Crippen LogP contribution in [0.5, 0.6) is 0 Å². The van der Waals surface area contributed by atoms with Crippen molar-refractivity contribution in [2.24, 2.45) is 5.73 Å². The number of carbonyl (C=O) groups excluding carboxylic acids is 2. The van der Waals surface area contributed by atoms with Crippen molar-refractivity contribution in [3.8, 4) is 0 Å². The largest absolute Gasteiger partial charge is 0.345 e. The third-order valence-corrected chi connectivity index (χ3v) is 3.91. The molecule has 0 aromatic heterocycles. The first-order valence-electron chi connectivity index (χ1n) is 8.11. The summed E-state index contributed by atoms with van der Waals surface area (Å²) in [6.07, 6.45) is 1.54. The lowest BCUT2D eigenvalue weighted by Gasteiger charge is -2.31. The Morgan fingerprint density at radius 2 is 1.67 bits per heavy atom. The zero-order valence-corrected chi connectivity index (χ0v) is 16.2. The van der Waals surface area contributed by atoms with Crippen molar-refractivity contribution < 1.29 is 9.59 Å². The Balaban J connectivity index is 0.00000529. The van der Waals surface area contributed by atoms with Gasteiger partial charge in [0.05, 0.1) is 5.54 Å². The normalized spacial score (nSPS) is 12.8. The molecule has 5 nitrogen and oxygen atoms in total. The van der Waals surface area contributed by atoms with E-state index in [1.807, 2.05) is 26.0 Å². The molecule has 1 aromatic rings. The van der Waals surface area contributed by atoms with E-state index in [0.717, 1.165) is 12.0 Å². The lowest BCUT2D eigenvalue weighted by atomic mass is 9.95. The number of amides is 2. The Hall–Kier alpha value is -1.59. The minimum atomic E-state index is -0.828. The molecule has 0 saturated carbocycles. The molecule has 2 amide bonds. The SMILES string of the molecule is CCCC(C)(N)C(=O)N(CC)Cc1ccc(C(=O)N(C)C)cc1.Cl. The Labute approximate surface area is 151 Å². The number of carbonyl (C=O) groups is 2. The van der Waals surface area contributed by atoms with Crippen LogP contribution in [0.1, 0.15) is 49.5 Å². The summed E-state index contributed by atoms with van der Waals surface area (Å²) in [6.45, 7) is 6.87. The number of hydrogen-bond acceptors (Lipinski definition) is 3. The average Bonchev–Trinajstić information content (AvgIpc) is 2.51. The summed E-state index contributed by atoms with van der Waals surface area (Å²) in [6, 6.07) is 7.37. The van der Waals surface area contributed by atoms with Gasteiger partial charge in [0.25, 0.3) is 5.91 Å². The van der Waals surface area contributed by atoms with Gasteiger partial charge in [0.2, 0.25) is 5.91 Å². The van der Waals surface area contributed by atoms with Gasteiger partial charge in [-0.2, -0.15) is 0 Å². The van der Waals surface area contributed by atoms with Crippen LogP contribution in [0.2, 0.25) is 0 Å². The van der Waals surface area contributed by atoms with E-state index in [2.05, 4.69) is 0 Å². The van der Waals surface area contributed by atoms with Crippen molar-refractivity contribution in [1.29, 1.82) is 0 Å². The van der Waals surface area contributed by atoms with Crippen molar-refractivity contribution in [3.05, 3.63) is 35.4 Å². The highest BCUT2D eigenvalue weighted by molar-refractivity contribution is 5.93. The number of nitrogens with two attached hydrogens (primary N) is 1. The molecule has 1 aromatic carbocycles.